The van der Waals surface area contributed by atoms with E-state index < -0.39 is 10.0 Å². The number of anilines is 1. The molecule has 0 bridgehead atoms. The summed E-state index contributed by atoms with van der Waals surface area (Å²) >= 11 is 0. The number of aryl methyl sites for hydroxylation is 2. The first-order chi connectivity index (χ1) is 11.2. The van der Waals surface area contributed by atoms with Crippen molar-refractivity contribution in [3.8, 4) is 11.5 Å². The molecule has 2 aromatic rings. The van der Waals surface area contributed by atoms with Crippen molar-refractivity contribution in [2.45, 2.75) is 32.6 Å². The maximum absolute atomic E-state index is 13.0. The molecule has 0 radical (unpaired) electrons. The van der Waals surface area contributed by atoms with Crippen molar-refractivity contribution >= 4 is 15.7 Å². The van der Waals surface area contributed by atoms with Crippen molar-refractivity contribution in [2.75, 3.05) is 18.9 Å². The number of methoxy groups -OCH3 is 2. The van der Waals surface area contributed by atoms with Crippen LogP contribution in [0, 0.1) is 27.7 Å². The molecule has 0 heterocycles. The van der Waals surface area contributed by atoms with Crippen molar-refractivity contribution in [1.29, 1.82) is 0 Å². The van der Waals surface area contributed by atoms with E-state index in [0.29, 0.717) is 22.1 Å². The van der Waals surface area contributed by atoms with E-state index in [4.69, 9.17) is 9.47 Å². The van der Waals surface area contributed by atoms with Gasteiger partial charge in [0.05, 0.1) is 24.8 Å². The lowest BCUT2D eigenvalue weighted by molar-refractivity contribution is 0.356. The summed E-state index contributed by atoms with van der Waals surface area (Å²) < 4.78 is 39.2. The number of hydrogen-bond acceptors (Lipinski definition) is 4. The second-order valence-corrected chi connectivity index (χ2v) is 7.36. The average molecular weight is 349 g/mol. The van der Waals surface area contributed by atoms with E-state index >= 15 is 0 Å². The fraction of sp³-hybridized carbons (Fsp3) is 0.333. The average Bonchev–Trinajstić information content (AvgIpc) is 2.52. The zero-order valence-electron chi connectivity index (χ0n) is 14.9. The zero-order chi connectivity index (χ0) is 18.1. The van der Waals surface area contributed by atoms with Gasteiger partial charge < -0.3 is 9.47 Å². The number of hydrogen-bond donors (Lipinski definition) is 1. The second kappa shape index (κ2) is 6.73. The van der Waals surface area contributed by atoms with Gasteiger partial charge in [0.15, 0.2) is 11.5 Å². The van der Waals surface area contributed by atoms with Gasteiger partial charge >= 0.3 is 0 Å². The Bertz CT molecular complexity index is 847. The van der Waals surface area contributed by atoms with Crippen LogP contribution in [0.3, 0.4) is 0 Å². The largest absolute Gasteiger partial charge is 0.493 e. The summed E-state index contributed by atoms with van der Waals surface area (Å²) in [7, 11) is -0.779. The molecule has 2 aromatic carbocycles. The summed E-state index contributed by atoms with van der Waals surface area (Å²) in [5, 5.41) is 0. The molecule has 1 N–H and O–H groups in total. The Hall–Kier alpha value is -2.21. The van der Waals surface area contributed by atoms with E-state index in [1.54, 1.807) is 18.2 Å². The number of nitrogens with one attached hydrogen (secondary N) is 1. The summed E-state index contributed by atoms with van der Waals surface area (Å²) in [5.41, 5.74) is 3.71. The number of ether oxygens (including phenoxy) is 2. The third-order valence-corrected chi connectivity index (χ3v) is 5.85. The molecule has 2 rings (SSSR count). The van der Waals surface area contributed by atoms with Crippen LogP contribution in [-0.2, 0) is 10.0 Å². The molecule has 130 valence electrons. The van der Waals surface area contributed by atoms with Crippen molar-refractivity contribution in [3.05, 3.63) is 46.5 Å². The Labute approximate surface area is 143 Å². The van der Waals surface area contributed by atoms with Gasteiger partial charge in [-0.1, -0.05) is 12.1 Å². The second-order valence-electron chi connectivity index (χ2n) is 5.74. The van der Waals surface area contributed by atoms with Gasteiger partial charge in [0.25, 0.3) is 10.0 Å². The van der Waals surface area contributed by atoms with Crippen LogP contribution in [0.5, 0.6) is 11.5 Å². The first-order valence-electron chi connectivity index (χ1n) is 7.54. The van der Waals surface area contributed by atoms with Crippen LogP contribution >= 0.6 is 0 Å². The lowest BCUT2D eigenvalue weighted by Crippen LogP contribution is -2.17. The third-order valence-electron chi connectivity index (χ3n) is 4.21. The Morgan fingerprint density at radius 2 is 1.50 bits per heavy atom. The highest BCUT2D eigenvalue weighted by atomic mass is 32.2. The summed E-state index contributed by atoms with van der Waals surface area (Å²) in [6, 6.07) is 7.06. The van der Waals surface area contributed by atoms with Gasteiger partial charge in [0.2, 0.25) is 0 Å². The monoisotopic (exact) mass is 349 g/mol. The van der Waals surface area contributed by atoms with E-state index in [0.717, 1.165) is 22.3 Å². The van der Waals surface area contributed by atoms with Gasteiger partial charge in [-0.2, -0.15) is 0 Å². The molecule has 0 amide bonds. The van der Waals surface area contributed by atoms with Crippen LogP contribution < -0.4 is 14.2 Å². The van der Waals surface area contributed by atoms with E-state index in [-0.39, 0.29) is 0 Å². The van der Waals surface area contributed by atoms with Crippen LogP contribution in [0.1, 0.15) is 22.3 Å². The SMILES string of the molecule is COc1cccc(NS(=O)(=O)c2c(C)c(C)cc(C)c2C)c1OC. The van der Waals surface area contributed by atoms with Crippen LogP contribution in [-0.4, -0.2) is 22.6 Å². The summed E-state index contributed by atoms with van der Waals surface area (Å²) in [5.74, 6) is 0.815. The van der Waals surface area contributed by atoms with Gasteiger partial charge in [-0.25, -0.2) is 8.42 Å². The van der Waals surface area contributed by atoms with Crippen LogP contribution in [0.4, 0.5) is 5.69 Å². The predicted molar refractivity (Wildman–Crippen MR) is 95.7 cm³/mol. The molecule has 0 aliphatic rings. The minimum atomic E-state index is -3.76. The fourth-order valence-electron chi connectivity index (χ4n) is 2.75. The van der Waals surface area contributed by atoms with Crippen LogP contribution in [0.15, 0.2) is 29.2 Å². The van der Waals surface area contributed by atoms with Crippen molar-refractivity contribution < 1.29 is 17.9 Å². The summed E-state index contributed by atoms with van der Waals surface area (Å²) in [6.45, 7) is 7.46. The molecule has 0 saturated carbocycles. The molecule has 0 unspecified atom stereocenters. The summed E-state index contributed by atoms with van der Waals surface area (Å²) in [4.78, 5) is 0.310. The number of benzene rings is 2. The van der Waals surface area contributed by atoms with E-state index in [1.165, 1.54) is 14.2 Å². The molecular weight excluding hydrogens is 326 g/mol. The van der Waals surface area contributed by atoms with Gasteiger partial charge in [-0.3, -0.25) is 4.72 Å². The normalized spacial score (nSPS) is 11.2. The quantitative estimate of drug-likeness (QED) is 0.893. The highest BCUT2D eigenvalue weighted by molar-refractivity contribution is 7.92. The standard InChI is InChI=1S/C18H23NO4S/c1-11-10-12(2)14(4)18(13(11)3)24(20,21)19-15-8-7-9-16(22-5)17(15)23-6/h7-10,19H,1-6H3. The minimum absolute atomic E-state index is 0.310. The molecule has 0 saturated heterocycles. The highest BCUT2D eigenvalue weighted by Crippen LogP contribution is 2.37. The van der Waals surface area contributed by atoms with E-state index in [9.17, 15) is 8.42 Å². The van der Waals surface area contributed by atoms with Crippen LogP contribution in [0.2, 0.25) is 0 Å². The topological polar surface area (TPSA) is 64.6 Å². The highest BCUT2D eigenvalue weighted by Gasteiger charge is 2.24. The molecule has 0 fully saturated rings. The molecule has 0 aliphatic heterocycles. The molecule has 0 atom stereocenters. The summed E-state index contributed by atoms with van der Waals surface area (Å²) in [6.07, 6.45) is 0. The van der Waals surface area contributed by atoms with Crippen molar-refractivity contribution in [2.24, 2.45) is 0 Å². The fourth-order valence-corrected chi connectivity index (χ4v) is 4.43. The van der Waals surface area contributed by atoms with Crippen molar-refractivity contribution in [1.82, 2.24) is 0 Å². The van der Waals surface area contributed by atoms with Gasteiger partial charge in [-0.15, -0.1) is 0 Å². The van der Waals surface area contributed by atoms with Crippen LogP contribution in [0.25, 0.3) is 0 Å². The molecular formula is C18H23NO4S. The van der Waals surface area contributed by atoms with Gasteiger partial charge in [0.1, 0.15) is 0 Å². The Kier molecular flexibility index (Phi) is 5.08. The maximum Gasteiger partial charge on any atom is 0.262 e. The zero-order valence-corrected chi connectivity index (χ0v) is 15.7. The maximum atomic E-state index is 13.0. The molecule has 6 heteroatoms. The number of sulfonamides is 1. The van der Waals surface area contributed by atoms with Gasteiger partial charge in [-0.05, 0) is 62.1 Å². The van der Waals surface area contributed by atoms with Crippen molar-refractivity contribution in [3.63, 3.8) is 0 Å². The first kappa shape index (κ1) is 18.1. The predicted octanol–water partition coefficient (Wildman–Crippen LogP) is 3.74. The number of para-hydroxylation sites is 1. The molecule has 0 aliphatic carbocycles. The minimum Gasteiger partial charge on any atom is -0.493 e. The lowest BCUT2D eigenvalue weighted by atomic mass is 10.0. The molecule has 5 nitrogen and oxygen atoms in total. The van der Waals surface area contributed by atoms with Gasteiger partial charge in [0, 0.05) is 0 Å². The Balaban J connectivity index is 2.60. The Morgan fingerprint density at radius 3 is 2.00 bits per heavy atom. The molecule has 0 spiro atoms. The Morgan fingerprint density at radius 1 is 0.917 bits per heavy atom. The third kappa shape index (κ3) is 3.19. The van der Waals surface area contributed by atoms with E-state index in [2.05, 4.69) is 4.72 Å². The first-order valence-corrected chi connectivity index (χ1v) is 9.02. The molecule has 0 aromatic heterocycles. The van der Waals surface area contributed by atoms with E-state index in [1.807, 2.05) is 33.8 Å². The smallest absolute Gasteiger partial charge is 0.262 e. The molecule has 24 heavy (non-hydrogen) atoms. The lowest BCUT2D eigenvalue weighted by Gasteiger charge is -2.18. The number of rotatable bonds is 5.